The van der Waals surface area contributed by atoms with Crippen molar-refractivity contribution in [3.63, 3.8) is 0 Å². The molecule has 0 unspecified atom stereocenters. The maximum absolute atomic E-state index is 11.3. The summed E-state index contributed by atoms with van der Waals surface area (Å²) in [5.41, 5.74) is 1.53. The summed E-state index contributed by atoms with van der Waals surface area (Å²) >= 11 is 5.93. The molecule has 0 spiro atoms. The van der Waals surface area contributed by atoms with E-state index >= 15 is 0 Å². The van der Waals surface area contributed by atoms with Crippen LogP contribution < -0.4 is 5.49 Å². The van der Waals surface area contributed by atoms with Crippen LogP contribution >= 0.6 is 11.6 Å². The molecule has 8 nitrogen and oxygen atoms in total. The highest BCUT2D eigenvalue weighted by Gasteiger charge is 2.24. The highest BCUT2D eigenvalue weighted by molar-refractivity contribution is 6.30. The van der Waals surface area contributed by atoms with Crippen LogP contribution in [0, 0.1) is 10.1 Å². The van der Waals surface area contributed by atoms with E-state index in [0.29, 0.717) is 22.1 Å². The molecule has 3 rings (SSSR count). The Morgan fingerprint density at radius 3 is 2.92 bits per heavy atom. The van der Waals surface area contributed by atoms with Gasteiger partial charge in [-0.05, 0) is 60.0 Å². The standard InChI is InChI=1S/C16H18ClN5O3/c17-13-7-4-8-14(11-13)20-19-16(22(24)25)15(21(20)23)18-10-9-12-5-2-1-3-6-12/h4-5,7-8,11,23H,1-3,6,9-10H2. The monoisotopic (exact) mass is 363 g/mol. The molecular weight excluding hydrogens is 346 g/mol. The number of benzene rings is 1. The van der Waals surface area contributed by atoms with Crippen molar-refractivity contribution in [2.75, 3.05) is 6.54 Å². The third-order valence-electron chi connectivity index (χ3n) is 4.05. The van der Waals surface area contributed by atoms with Gasteiger partial charge in [-0.3, -0.25) is 4.99 Å². The molecule has 1 aromatic carbocycles. The van der Waals surface area contributed by atoms with Gasteiger partial charge in [0.05, 0.1) is 5.10 Å². The average molecular weight is 364 g/mol. The largest absolute Gasteiger partial charge is 0.438 e. The zero-order valence-corrected chi connectivity index (χ0v) is 14.3. The van der Waals surface area contributed by atoms with E-state index < -0.39 is 10.7 Å². The second-order valence-corrected chi connectivity index (χ2v) is 6.24. The lowest BCUT2D eigenvalue weighted by Crippen LogP contribution is -2.22. The molecule has 0 radical (unpaired) electrons. The molecule has 0 bridgehead atoms. The maximum atomic E-state index is 11.3. The van der Waals surface area contributed by atoms with Crippen molar-refractivity contribution in [1.82, 2.24) is 14.7 Å². The molecule has 1 aromatic heterocycles. The number of allylic oxidation sites excluding steroid dienone is 1. The van der Waals surface area contributed by atoms with Crippen LogP contribution in [-0.4, -0.2) is 31.4 Å². The number of nitro groups is 1. The predicted octanol–water partition coefficient (Wildman–Crippen LogP) is 3.26. The SMILES string of the molecule is O=[N+]([O-])c1nn(-c2cccc(Cl)c2)n(O)c1=NCCC1=CCCCC1. The summed E-state index contributed by atoms with van der Waals surface area (Å²) in [5, 5.41) is 25.8. The molecule has 0 fully saturated rings. The Kier molecular flexibility index (Phi) is 5.18. The molecule has 25 heavy (non-hydrogen) atoms. The number of hydrogen-bond acceptors (Lipinski definition) is 5. The first kappa shape index (κ1) is 17.2. The van der Waals surface area contributed by atoms with Crippen LogP contribution in [0.25, 0.3) is 5.69 Å². The normalized spacial score (nSPS) is 15.2. The second kappa shape index (κ2) is 7.52. The average Bonchev–Trinajstić information content (AvgIpc) is 2.93. The number of aromatic nitrogens is 3. The number of nitrogens with zero attached hydrogens (tertiary/aromatic N) is 5. The van der Waals surface area contributed by atoms with Crippen molar-refractivity contribution < 1.29 is 10.1 Å². The molecule has 0 atom stereocenters. The molecule has 1 aliphatic rings. The van der Waals surface area contributed by atoms with Gasteiger partial charge in [-0.25, -0.2) is 0 Å². The third kappa shape index (κ3) is 3.90. The van der Waals surface area contributed by atoms with Gasteiger partial charge in [-0.2, -0.15) is 0 Å². The quantitative estimate of drug-likeness (QED) is 0.381. The van der Waals surface area contributed by atoms with Gasteiger partial charge in [-0.1, -0.05) is 34.2 Å². The van der Waals surface area contributed by atoms with Crippen molar-refractivity contribution in [3.8, 4) is 5.69 Å². The first-order chi connectivity index (χ1) is 12.1. The van der Waals surface area contributed by atoms with Crippen LogP contribution in [0.15, 0.2) is 40.9 Å². The van der Waals surface area contributed by atoms with Gasteiger partial charge in [0.1, 0.15) is 5.69 Å². The van der Waals surface area contributed by atoms with E-state index in [2.05, 4.69) is 16.2 Å². The molecule has 132 valence electrons. The Labute approximate surface area is 148 Å². The molecule has 0 aliphatic heterocycles. The predicted molar refractivity (Wildman–Crippen MR) is 92.0 cm³/mol. The van der Waals surface area contributed by atoms with Gasteiger partial charge in [0.2, 0.25) is 0 Å². The first-order valence-electron chi connectivity index (χ1n) is 8.06. The van der Waals surface area contributed by atoms with Crippen LogP contribution in [0.3, 0.4) is 0 Å². The second-order valence-electron chi connectivity index (χ2n) is 5.80. The molecule has 0 amide bonds. The highest BCUT2D eigenvalue weighted by atomic mass is 35.5. The molecule has 0 saturated heterocycles. The first-order valence-corrected chi connectivity index (χ1v) is 8.44. The van der Waals surface area contributed by atoms with Crippen LogP contribution in [0.1, 0.15) is 32.1 Å². The highest BCUT2D eigenvalue weighted by Crippen LogP contribution is 2.20. The minimum atomic E-state index is -0.660. The number of hydrogen-bond donors (Lipinski definition) is 1. The van der Waals surface area contributed by atoms with E-state index in [1.807, 2.05) is 0 Å². The summed E-state index contributed by atoms with van der Waals surface area (Å²) in [4.78, 5) is 16.4. The lowest BCUT2D eigenvalue weighted by Gasteiger charge is -2.10. The number of rotatable bonds is 5. The Bertz CT molecular complexity index is 884. The van der Waals surface area contributed by atoms with Crippen molar-refractivity contribution in [1.29, 1.82) is 0 Å². The lowest BCUT2D eigenvalue weighted by atomic mass is 9.97. The van der Waals surface area contributed by atoms with Gasteiger partial charge in [0.25, 0.3) is 5.49 Å². The van der Waals surface area contributed by atoms with Crippen LogP contribution in [0.4, 0.5) is 5.82 Å². The van der Waals surface area contributed by atoms with E-state index in [1.165, 1.54) is 18.4 Å². The van der Waals surface area contributed by atoms with Gasteiger partial charge in [0.15, 0.2) is 0 Å². The summed E-state index contributed by atoms with van der Waals surface area (Å²) in [7, 11) is 0. The van der Waals surface area contributed by atoms with Gasteiger partial charge < -0.3 is 15.3 Å². The summed E-state index contributed by atoms with van der Waals surface area (Å²) in [5.74, 6) is -0.500. The molecule has 1 N–H and O–H groups in total. The fourth-order valence-corrected chi connectivity index (χ4v) is 3.00. The summed E-state index contributed by atoms with van der Waals surface area (Å²) in [6, 6.07) is 6.50. The molecule has 1 heterocycles. The lowest BCUT2D eigenvalue weighted by molar-refractivity contribution is -0.391. The fraction of sp³-hybridized carbons (Fsp3) is 0.375. The third-order valence-corrected chi connectivity index (χ3v) is 4.29. The molecule has 0 saturated carbocycles. The maximum Gasteiger partial charge on any atom is 0.438 e. The Morgan fingerprint density at radius 1 is 1.40 bits per heavy atom. The van der Waals surface area contributed by atoms with E-state index in [-0.39, 0.29) is 5.49 Å². The van der Waals surface area contributed by atoms with E-state index in [9.17, 15) is 15.3 Å². The number of halogens is 1. The minimum absolute atomic E-state index is 0.179. The van der Waals surface area contributed by atoms with Crippen LogP contribution in [0.5, 0.6) is 0 Å². The van der Waals surface area contributed by atoms with Crippen molar-refractivity contribution in [3.05, 3.63) is 56.5 Å². The zero-order valence-electron chi connectivity index (χ0n) is 13.5. The smallest absolute Gasteiger partial charge is 0.409 e. The van der Waals surface area contributed by atoms with Gasteiger partial charge in [0, 0.05) is 11.6 Å². The van der Waals surface area contributed by atoms with Crippen molar-refractivity contribution in [2.45, 2.75) is 32.1 Å². The van der Waals surface area contributed by atoms with Gasteiger partial charge >= 0.3 is 5.82 Å². The van der Waals surface area contributed by atoms with Crippen LogP contribution in [0.2, 0.25) is 5.02 Å². The Hall–Kier alpha value is -2.61. The fourth-order valence-electron chi connectivity index (χ4n) is 2.81. The van der Waals surface area contributed by atoms with Crippen LogP contribution in [-0.2, 0) is 0 Å². The van der Waals surface area contributed by atoms with E-state index in [4.69, 9.17) is 11.6 Å². The Morgan fingerprint density at radius 2 is 2.24 bits per heavy atom. The van der Waals surface area contributed by atoms with Gasteiger partial charge in [-0.15, -0.1) is 0 Å². The minimum Gasteiger partial charge on any atom is -0.409 e. The van der Waals surface area contributed by atoms with E-state index in [0.717, 1.165) is 24.1 Å². The molecular formula is C16H18ClN5O3. The topological polar surface area (TPSA) is 98.5 Å². The molecule has 2 aromatic rings. The molecule has 1 aliphatic carbocycles. The summed E-state index contributed by atoms with van der Waals surface area (Å²) in [6.45, 7) is 0.356. The summed E-state index contributed by atoms with van der Waals surface area (Å²) in [6.07, 6.45) is 7.41. The van der Waals surface area contributed by atoms with Crippen molar-refractivity contribution >= 4 is 17.4 Å². The zero-order chi connectivity index (χ0) is 17.8. The van der Waals surface area contributed by atoms with E-state index in [1.54, 1.807) is 24.3 Å². The summed E-state index contributed by atoms with van der Waals surface area (Å²) < 4.78 is 0. The van der Waals surface area contributed by atoms with Crippen molar-refractivity contribution in [2.24, 2.45) is 4.99 Å². The molecule has 9 heteroatoms. The Balaban J connectivity index is 1.93.